The normalized spacial score (nSPS) is 16.1. The standard InChI is InChI=1S/C22H29N3O5S3/c1-15-17(14-18(32-15)33(28,29)25-10-12-31-13-11-25)23-20(26)19(16-8-6-5-7-9-16)24-21(27)30-22(2,3)4/h5-9,14,19H,10-13H2,1-4H3,(H,23,26)(H,24,27)/t19-/m0/s1. The lowest BCUT2D eigenvalue weighted by atomic mass is 10.1. The van der Waals surface area contributed by atoms with Gasteiger partial charge in [0, 0.05) is 29.5 Å². The van der Waals surface area contributed by atoms with Gasteiger partial charge in [0.2, 0.25) is 0 Å². The Morgan fingerprint density at radius 3 is 2.36 bits per heavy atom. The third kappa shape index (κ3) is 6.72. The number of nitrogens with one attached hydrogen (secondary N) is 2. The molecule has 8 nitrogen and oxygen atoms in total. The summed E-state index contributed by atoms with van der Waals surface area (Å²) >= 11 is 2.85. The van der Waals surface area contributed by atoms with Crippen molar-refractivity contribution in [1.82, 2.24) is 9.62 Å². The minimum atomic E-state index is -3.61. The van der Waals surface area contributed by atoms with Gasteiger partial charge in [0.1, 0.15) is 15.9 Å². The molecule has 1 atom stereocenters. The molecule has 0 bridgehead atoms. The number of thioether (sulfide) groups is 1. The third-order valence-corrected chi connectivity index (χ3v) is 9.11. The molecule has 2 N–H and O–H groups in total. The van der Waals surface area contributed by atoms with Crippen molar-refractivity contribution in [3.05, 3.63) is 46.8 Å². The van der Waals surface area contributed by atoms with E-state index in [0.29, 0.717) is 29.2 Å². The van der Waals surface area contributed by atoms with E-state index >= 15 is 0 Å². The molecular weight excluding hydrogens is 482 g/mol. The second-order valence-electron chi connectivity index (χ2n) is 8.53. The highest BCUT2D eigenvalue weighted by molar-refractivity contribution is 7.99. The number of anilines is 1. The maximum Gasteiger partial charge on any atom is 0.408 e. The van der Waals surface area contributed by atoms with E-state index in [9.17, 15) is 18.0 Å². The van der Waals surface area contributed by atoms with Gasteiger partial charge < -0.3 is 15.4 Å². The molecule has 33 heavy (non-hydrogen) atoms. The maximum atomic E-state index is 13.2. The van der Waals surface area contributed by atoms with Gasteiger partial charge in [0.05, 0.1) is 5.69 Å². The van der Waals surface area contributed by atoms with Crippen molar-refractivity contribution in [3.63, 3.8) is 0 Å². The lowest BCUT2D eigenvalue weighted by Crippen LogP contribution is -2.40. The number of carbonyl (C=O) groups excluding carboxylic acids is 2. The topological polar surface area (TPSA) is 105 Å². The third-order valence-electron chi connectivity index (χ3n) is 4.77. The fraction of sp³-hybridized carbons (Fsp3) is 0.455. The Bertz CT molecular complexity index is 1090. The average molecular weight is 512 g/mol. The molecule has 11 heteroatoms. The Hall–Kier alpha value is -2.08. The van der Waals surface area contributed by atoms with E-state index in [1.54, 1.807) is 63.7 Å². The van der Waals surface area contributed by atoms with E-state index in [4.69, 9.17) is 4.74 Å². The van der Waals surface area contributed by atoms with Crippen molar-refractivity contribution in [1.29, 1.82) is 0 Å². The largest absolute Gasteiger partial charge is 0.444 e. The van der Waals surface area contributed by atoms with Crippen molar-refractivity contribution in [2.45, 2.75) is 43.5 Å². The zero-order chi connectivity index (χ0) is 24.2. The molecule has 2 heterocycles. The van der Waals surface area contributed by atoms with Gasteiger partial charge in [-0.2, -0.15) is 16.1 Å². The highest BCUT2D eigenvalue weighted by atomic mass is 32.2. The van der Waals surface area contributed by atoms with E-state index in [2.05, 4.69) is 10.6 Å². The lowest BCUT2D eigenvalue weighted by molar-refractivity contribution is -0.118. The van der Waals surface area contributed by atoms with E-state index in [0.717, 1.165) is 22.8 Å². The molecule has 0 aliphatic carbocycles. The molecule has 1 saturated heterocycles. The summed E-state index contributed by atoms with van der Waals surface area (Å²) in [5.74, 6) is 1.04. The summed E-state index contributed by atoms with van der Waals surface area (Å²) in [5, 5.41) is 5.41. The van der Waals surface area contributed by atoms with Crippen LogP contribution in [-0.2, 0) is 19.6 Å². The van der Waals surface area contributed by atoms with Crippen LogP contribution in [0, 0.1) is 6.92 Å². The van der Waals surface area contributed by atoms with Gasteiger partial charge in [-0.1, -0.05) is 30.3 Å². The van der Waals surface area contributed by atoms with Crippen LogP contribution in [0.1, 0.15) is 37.3 Å². The number of hydrogen-bond donors (Lipinski definition) is 2. The van der Waals surface area contributed by atoms with Crippen molar-refractivity contribution >= 4 is 50.8 Å². The number of benzene rings is 1. The van der Waals surface area contributed by atoms with Crippen molar-refractivity contribution in [2.75, 3.05) is 29.9 Å². The fourth-order valence-electron chi connectivity index (χ4n) is 3.20. The smallest absolute Gasteiger partial charge is 0.408 e. The molecule has 1 fully saturated rings. The highest BCUT2D eigenvalue weighted by Gasteiger charge is 2.30. The zero-order valence-electron chi connectivity index (χ0n) is 19.1. The second-order valence-corrected chi connectivity index (χ2v) is 13.2. The van der Waals surface area contributed by atoms with Crippen LogP contribution in [0.5, 0.6) is 0 Å². The monoisotopic (exact) mass is 511 g/mol. The number of aryl methyl sites for hydroxylation is 1. The van der Waals surface area contributed by atoms with E-state index in [-0.39, 0.29) is 4.21 Å². The number of nitrogens with zero attached hydrogens (tertiary/aromatic N) is 1. The molecule has 2 aromatic rings. The molecule has 1 aromatic carbocycles. The Morgan fingerprint density at radius 1 is 1.12 bits per heavy atom. The van der Waals surface area contributed by atoms with Crippen LogP contribution < -0.4 is 10.6 Å². The first-order valence-electron chi connectivity index (χ1n) is 10.5. The van der Waals surface area contributed by atoms with E-state index in [1.165, 1.54) is 10.4 Å². The predicted molar refractivity (Wildman–Crippen MR) is 132 cm³/mol. The predicted octanol–water partition coefficient (Wildman–Crippen LogP) is 4.00. The summed E-state index contributed by atoms with van der Waals surface area (Å²) in [6, 6.07) is 9.28. The van der Waals surface area contributed by atoms with Crippen LogP contribution in [-0.4, -0.2) is 54.9 Å². The Morgan fingerprint density at radius 2 is 1.76 bits per heavy atom. The van der Waals surface area contributed by atoms with Crippen LogP contribution >= 0.6 is 23.1 Å². The number of rotatable bonds is 6. The number of ether oxygens (including phenoxy) is 1. The number of alkyl carbamates (subject to hydrolysis) is 1. The van der Waals surface area contributed by atoms with Gasteiger partial charge in [-0.3, -0.25) is 4.79 Å². The first-order chi connectivity index (χ1) is 15.5. The molecule has 0 radical (unpaired) electrons. The number of thiophene rings is 1. The highest BCUT2D eigenvalue weighted by Crippen LogP contribution is 2.33. The zero-order valence-corrected chi connectivity index (χ0v) is 21.5. The quantitative estimate of drug-likeness (QED) is 0.608. The fourth-order valence-corrected chi connectivity index (χ4v) is 7.33. The molecule has 2 amide bonds. The van der Waals surface area contributed by atoms with Crippen LogP contribution in [0.4, 0.5) is 10.5 Å². The molecule has 1 aromatic heterocycles. The average Bonchev–Trinajstić information content (AvgIpc) is 3.13. The number of sulfonamides is 1. The Kier molecular flexibility index (Phi) is 8.09. The minimum Gasteiger partial charge on any atom is -0.444 e. The first-order valence-corrected chi connectivity index (χ1v) is 13.9. The summed E-state index contributed by atoms with van der Waals surface area (Å²) in [7, 11) is -3.61. The summed E-state index contributed by atoms with van der Waals surface area (Å²) in [5.41, 5.74) is 0.261. The molecule has 180 valence electrons. The van der Waals surface area contributed by atoms with Crippen LogP contribution in [0.25, 0.3) is 0 Å². The number of amides is 2. The second kappa shape index (κ2) is 10.5. The molecule has 0 unspecified atom stereocenters. The number of hydrogen-bond acceptors (Lipinski definition) is 7. The molecular formula is C22H29N3O5S3. The Balaban J connectivity index is 1.81. The SMILES string of the molecule is Cc1sc(S(=O)(=O)N2CCSCC2)cc1NC(=O)[C@@H](NC(=O)OC(C)(C)C)c1ccccc1. The summed E-state index contributed by atoms with van der Waals surface area (Å²) in [6.07, 6.45) is -0.722. The summed E-state index contributed by atoms with van der Waals surface area (Å²) in [6.45, 7) is 7.92. The Labute approximate surface area is 203 Å². The number of carbonyl (C=O) groups is 2. The molecule has 1 aliphatic heterocycles. The van der Waals surface area contributed by atoms with Crippen molar-refractivity contribution < 1.29 is 22.7 Å². The van der Waals surface area contributed by atoms with Gasteiger partial charge in [-0.05, 0) is 39.3 Å². The minimum absolute atomic E-state index is 0.193. The van der Waals surface area contributed by atoms with E-state index in [1.807, 2.05) is 6.07 Å². The van der Waals surface area contributed by atoms with Gasteiger partial charge in [0.25, 0.3) is 15.9 Å². The molecule has 0 saturated carbocycles. The van der Waals surface area contributed by atoms with Crippen LogP contribution in [0.15, 0.2) is 40.6 Å². The van der Waals surface area contributed by atoms with Gasteiger partial charge >= 0.3 is 6.09 Å². The molecule has 1 aliphatic rings. The molecule has 3 rings (SSSR count). The van der Waals surface area contributed by atoms with E-state index < -0.39 is 33.7 Å². The summed E-state index contributed by atoms with van der Waals surface area (Å²) in [4.78, 5) is 26.2. The first kappa shape index (κ1) is 25.5. The van der Waals surface area contributed by atoms with Gasteiger partial charge in [-0.15, -0.1) is 11.3 Å². The van der Waals surface area contributed by atoms with Gasteiger partial charge in [-0.25, -0.2) is 13.2 Å². The van der Waals surface area contributed by atoms with Crippen molar-refractivity contribution in [2.24, 2.45) is 0 Å². The van der Waals surface area contributed by atoms with Gasteiger partial charge in [0.15, 0.2) is 0 Å². The lowest BCUT2D eigenvalue weighted by Gasteiger charge is -2.24. The van der Waals surface area contributed by atoms with Crippen LogP contribution in [0.2, 0.25) is 0 Å². The summed E-state index contributed by atoms with van der Waals surface area (Å²) < 4.78 is 33.0. The molecule has 0 spiro atoms. The van der Waals surface area contributed by atoms with Crippen LogP contribution in [0.3, 0.4) is 0 Å². The van der Waals surface area contributed by atoms with Crippen molar-refractivity contribution in [3.8, 4) is 0 Å². The maximum absolute atomic E-state index is 13.2.